The first-order valence-electron chi connectivity index (χ1n) is 6.71. The lowest BCUT2D eigenvalue weighted by Gasteiger charge is -2.21. The Balaban J connectivity index is 1.82. The first kappa shape index (κ1) is 14.5. The molecule has 1 unspecified atom stereocenters. The zero-order chi connectivity index (χ0) is 14.5. The van der Waals surface area contributed by atoms with E-state index >= 15 is 0 Å². The van der Waals surface area contributed by atoms with Gasteiger partial charge in [0.15, 0.2) is 0 Å². The molecule has 1 fully saturated rings. The van der Waals surface area contributed by atoms with Crippen LogP contribution in [-0.4, -0.2) is 46.0 Å². The van der Waals surface area contributed by atoms with Crippen molar-refractivity contribution in [2.75, 3.05) is 13.1 Å². The van der Waals surface area contributed by atoms with E-state index in [0.717, 1.165) is 12.8 Å². The maximum Gasteiger partial charge on any atom is 0.251 e. The van der Waals surface area contributed by atoms with Gasteiger partial charge < -0.3 is 19.7 Å². The summed E-state index contributed by atoms with van der Waals surface area (Å²) in [6.07, 6.45) is 2.65. The number of carbonyl (C=O) groups is 2. The number of aliphatic hydroxyl groups excluding tert-OH is 1. The predicted octanol–water partition coefficient (Wildman–Crippen LogP) is -0.0274. The van der Waals surface area contributed by atoms with Crippen molar-refractivity contribution < 1.29 is 19.1 Å². The van der Waals surface area contributed by atoms with Crippen LogP contribution in [0, 0.1) is 6.92 Å². The number of hydrogen-bond acceptors (Lipinski definition) is 5. The highest BCUT2D eigenvalue weighted by atomic mass is 16.4. The number of amides is 2. The number of nitrogens with zero attached hydrogens (tertiary/aromatic N) is 2. The largest absolute Gasteiger partial charge is 0.444 e. The van der Waals surface area contributed by atoms with Gasteiger partial charge in [0, 0.05) is 6.54 Å². The lowest BCUT2D eigenvalue weighted by atomic mass is 10.2. The molecule has 1 atom stereocenters. The van der Waals surface area contributed by atoms with Crippen LogP contribution < -0.4 is 5.32 Å². The van der Waals surface area contributed by atoms with Crippen molar-refractivity contribution in [2.45, 2.75) is 38.8 Å². The fourth-order valence-electron chi connectivity index (χ4n) is 2.13. The van der Waals surface area contributed by atoms with Crippen LogP contribution in [0.15, 0.2) is 10.6 Å². The quantitative estimate of drug-likeness (QED) is 0.808. The van der Waals surface area contributed by atoms with Gasteiger partial charge in [0.1, 0.15) is 11.9 Å². The summed E-state index contributed by atoms with van der Waals surface area (Å²) in [5.74, 6) is 0.450. The highest BCUT2D eigenvalue weighted by Gasteiger charge is 2.26. The smallest absolute Gasteiger partial charge is 0.251 e. The molecule has 1 saturated heterocycles. The van der Waals surface area contributed by atoms with Crippen molar-refractivity contribution in [3.63, 3.8) is 0 Å². The number of oxazole rings is 1. The number of aliphatic hydroxyl groups is 1. The number of rotatable bonds is 4. The van der Waals surface area contributed by atoms with Crippen LogP contribution in [0.4, 0.5) is 0 Å². The van der Waals surface area contributed by atoms with Crippen molar-refractivity contribution >= 4 is 11.8 Å². The summed E-state index contributed by atoms with van der Waals surface area (Å²) in [5, 5.41) is 12.2. The molecule has 0 aliphatic carbocycles. The molecule has 7 nitrogen and oxygen atoms in total. The third-order valence-electron chi connectivity index (χ3n) is 3.19. The first-order valence-corrected chi connectivity index (χ1v) is 6.71. The van der Waals surface area contributed by atoms with Crippen molar-refractivity contribution in [1.29, 1.82) is 0 Å². The molecular weight excluding hydrogens is 262 g/mol. The molecule has 7 heteroatoms. The zero-order valence-corrected chi connectivity index (χ0v) is 11.5. The first-order chi connectivity index (χ1) is 9.56. The molecule has 0 saturated carbocycles. The Hall–Kier alpha value is -1.89. The summed E-state index contributed by atoms with van der Waals surface area (Å²) in [6.45, 7) is 2.42. The number of hydrogen-bond donors (Lipinski definition) is 2. The second-order valence-electron chi connectivity index (χ2n) is 4.91. The number of likely N-dealkylation sites (tertiary alicyclic amines) is 1. The molecule has 110 valence electrons. The Morgan fingerprint density at radius 3 is 3.10 bits per heavy atom. The third-order valence-corrected chi connectivity index (χ3v) is 3.19. The van der Waals surface area contributed by atoms with Crippen LogP contribution in [-0.2, 0) is 16.1 Å². The van der Waals surface area contributed by atoms with Gasteiger partial charge in [0.25, 0.3) is 5.91 Å². The van der Waals surface area contributed by atoms with Gasteiger partial charge in [0.2, 0.25) is 11.8 Å². The minimum atomic E-state index is -0.986. The van der Waals surface area contributed by atoms with Gasteiger partial charge in [-0.3, -0.25) is 9.59 Å². The average Bonchev–Trinajstić information content (AvgIpc) is 2.77. The van der Waals surface area contributed by atoms with E-state index in [2.05, 4.69) is 10.3 Å². The lowest BCUT2D eigenvalue weighted by Crippen LogP contribution is -2.44. The Morgan fingerprint density at radius 1 is 1.60 bits per heavy atom. The van der Waals surface area contributed by atoms with Gasteiger partial charge in [-0.15, -0.1) is 0 Å². The van der Waals surface area contributed by atoms with E-state index in [4.69, 9.17) is 4.42 Å². The van der Waals surface area contributed by atoms with Crippen molar-refractivity contribution in [3.8, 4) is 0 Å². The van der Waals surface area contributed by atoms with Gasteiger partial charge >= 0.3 is 0 Å². The summed E-state index contributed by atoms with van der Waals surface area (Å²) >= 11 is 0. The maximum absolute atomic E-state index is 11.8. The Bertz CT molecular complexity index is 486. The van der Waals surface area contributed by atoms with E-state index < -0.39 is 6.10 Å². The highest BCUT2D eigenvalue weighted by Crippen LogP contribution is 2.11. The summed E-state index contributed by atoms with van der Waals surface area (Å²) in [7, 11) is 0. The Kier molecular flexibility index (Phi) is 4.73. The molecule has 2 N–H and O–H groups in total. The normalized spacial score (nSPS) is 19.8. The maximum atomic E-state index is 11.8. The fraction of sp³-hybridized carbons (Fsp3) is 0.615. The molecule has 0 aromatic carbocycles. The van der Waals surface area contributed by atoms with Crippen LogP contribution in [0.25, 0.3) is 0 Å². The van der Waals surface area contributed by atoms with E-state index in [0.29, 0.717) is 24.6 Å². The predicted molar refractivity (Wildman–Crippen MR) is 69.5 cm³/mol. The molecule has 0 radical (unpaired) electrons. The van der Waals surface area contributed by atoms with Crippen LogP contribution in [0.3, 0.4) is 0 Å². The minimum Gasteiger partial charge on any atom is -0.444 e. The molecule has 1 aromatic rings. The molecule has 0 spiro atoms. The van der Waals surface area contributed by atoms with E-state index in [-0.39, 0.29) is 24.9 Å². The second kappa shape index (κ2) is 6.51. The van der Waals surface area contributed by atoms with Crippen molar-refractivity contribution in [1.82, 2.24) is 15.2 Å². The molecule has 1 aromatic heterocycles. The summed E-state index contributed by atoms with van der Waals surface area (Å²) in [4.78, 5) is 29.0. The van der Waals surface area contributed by atoms with Crippen LogP contribution in [0.1, 0.15) is 30.9 Å². The van der Waals surface area contributed by atoms with Gasteiger partial charge in [-0.1, -0.05) is 0 Å². The van der Waals surface area contributed by atoms with E-state index in [1.165, 1.54) is 4.90 Å². The SMILES string of the molecule is Cc1cnc(CNC(=O)CN2CCCCC(O)C2=O)o1. The summed E-state index contributed by atoms with van der Waals surface area (Å²) in [6, 6.07) is 0. The van der Waals surface area contributed by atoms with Crippen molar-refractivity contribution in [2.24, 2.45) is 0 Å². The second-order valence-corrected chi connectivity index (χ2v) is 4.91. The molecule has 20 heavy (non-hydrogen) atoms. The molecule has 2 amide bonds. The highest BCUT2D eigenvalue weighted by molar-refractivity contribution is 5.86. The fourth-order valence-corrected chi connectivity index (χ4v) is 2.13. The lowest BCUT2D eigenvalue weighted by molar-refractivity contribution is -0.142. The average molecular weight is 281 g/mol. The van der Waals surface area contributed by atoms with Gasteiger partial charge in [-0.25, -0.2) is 4.98 Å². The van der Waals surface area contributed by atoms with E-state index in [9.17, 15) is 14.7 Å². The molecule has 2 heterocycles. The molecule has 2 rings (SSSR count). The van der Waals surface area contributed by atoms with Crippen molar-refractivity contribution in [3.05, 3.63) is 17.8 Å². The Labute approximate surface area is 117 Å². The molecular formula is C13H19N3O4. The summed E-state index contributed by atoms with van der Waals surface area (Å²) in [5.41, 5.74) is 0. The summed E-state index contributed by atoms with van der Waals surface area (Å²) < 4.78 is 5.24. The molecule has 1 aliphatic rings. The molecule has 1 aliphatic heterocycles. The number of carbonyl (C=O) groups excluding carboxylic acids is 2. The number of nitrogens with one attached hydrogen (secondary N) is 1. The Morgan fingerprint density at radius 2 is 2.40 bits per heavy atom. The zero-order valence-electron chi connectivity index (χ0n) is 11.5. The van der Waals surface area contributed by atoms with Gasteiger partial charge in [0.05, 0.1) is 19.3 Å². The van der Waals surface area contributed by atoms with Crippen LogP contribution >= 0.6 is 0 Å². The van der Waals surface area contributed by atoms with E-state index in [1.807, 2.05) is 0 Å². The monoisotopic (exact) mass is 281 g/mol. The van der Waals surface area contributed by atoms with E-state index in [1.54, 1.807) is 13.1 Å². The topological polar surface area (TPSA) is 95.7 Å². The van der Waals surface area contributed by atoms with Crippen LogP contribution in [0.2, 0.25) is 0 Å². The molecule has 0 bridgehead atoms. The standard InChI is InChI=1S/C13H19N3O4/c1-9-6-15-12(20-9)7-14-11(18)8-16-5-3-2-4-10(17)13(16)19/h6,10,17H,2-5,7-8H2,1H3,(H,14,18). The number of aryl methyl sites for hydroxylation is 1. The number of aromatic nitrogens is 1. The third kappa shape index (κ3) is 3.80. The van der Waals surface area contributed by atoms with Crippen LogP contribution in [0.5, 0.6) is 0 Å². The minimum absolute atomic E-state index is 0.0460. The van der Waals surface area contributed by atoms with Gasteiger partial charge in [-0.2, -0.15) is 0 Å². The van der Waals surface area contributed by atoms with Gasteiger partial charge in [-0.05, 0) is 26.2 Å².